The first-order valence-electron chi connectivity index (χ1n) is 6.61. The standard InChI is InChI=1S/C17H18N2/c1-2-14-8-10-16(11-9-14)19-17(12-13-18)15-6-4-3-5-7-15/h3-11,17,19H,2,12H2,1H3. The number of nitriles is 1. The molecule has 0 heterocycles. The van der Waals surface area contributed by atoms with Crippen molar-refractivity contribution in [2.45, 2.75) is 25.8 Å². The summed E-state index contributed by atoms with van der Waals surface area (Å²) in [7, 11) is 0. The summed E-state index contributed by atoms with van der Waals surface area (Å²) in [6.07, 6.45) is 1.50. The zero-order chi connectivity index (χ0) is 13.5. The van der Waals surface area contributed by atoms with Gasteiger partial charge in [0, 0.05) is 5.69 Å². The molecule has 2 rings (SSSR count). The molecule has 96 valence electrons. The second-order valence-corrected chi connectivity index (χ2v) is 4.52. The SMILES string of the molecule is CCc1ccc(NC(CC#N)c2ccccc2)cc1. The van der Waals surface area contributed by atoms with Crippen LogP contribution in [0.4, 0.5) is 5.69 Å². The van der Waals surface area contributed by atoms with Crippen LogP contribution in [-0.2, 0) is 6.42 Å². The maximum absolute atomic E-state index is 8.97. The number of rotatable bonds is 5. The highest BCUT2D eigenvalue weighted by Gasteiger charge is 2.10. The summed E-state index contributed by atoms with van der Waals surface area (Å²) in [6, 6.07) is 20.8. The topological polar surface area (TPSA) is 35.8 Å². The Morgan fingerprint density at radius 2 is 1.74 bits per heavy atom. The van der Waals surface area contributed by atoms with Crippen LogP contribution in [0, 0.1) is 11.3 Å². The van der Waals surface area contributed by atoms with Gasteiger partial charge in [0.15, 0.2) is 0 Å². The van der Waals surface area contributed by atoms with Crippen molar-refractivity contribution in [3.05, 3.63) is 65.7 Å². The van der Waals surface area contributed by atoms with Gasteiger partial charge in [0.05, 0.1) is 18.5 Å². The van der Waals surface area contributed by atoms with Gasteiger partial charge in [-0.25, -0.2) is 0 Å². The monoisotopic (exact) mass is 250 g/mol. The number of anilines is 1. The second kappa shape index (κ2) is 6.61. The largest absolute Gasteiger partial charge is 0.377 e. The lowest BCUT2D eigenvalue weighted by atomic mass is 10.0. The quantitative estimate of drug-likeness (QED) is 0.858. The minimum absolute atomic E-state index is 0.0404. The molecule has 0 amide bonds. The van der Waals surface area contributed by atoms with Crippen molar-refractivity contribution in [1.82, 2.24) is 0 Å². The van der Waals surface area contributed by atoms with Crippen LogP contribution < -0.4 is 5.32 Å². The molecule has 0 spiro atoms. The number of hydrogen-bond donors (Lipinski definition) is 1. The molecule has 2 aromatic carbocycles. The van der Waals surface area contributed by atoms with Crippen molar-refractivity contribution in [2.24, 2.45) is 0 Å². The van der Waals surface area contributed by atoms with Gasteiger partial charge in [0.2, 0.25) is 0 Å². The summed E-state index contributed by atoms with van der Waals surface area (Å²) >= 11 is 0. The summed E-state index contributed by atoms with van der Waals surface area (Å²) in [5.74, 6) is 0. The molecule has 2 nitrogen and oxygen atoms in total. The van der Waals surface area contributed by atoms with Crippen LogP contribution in [0.1, 0.15) is 30.5 Å². The van der Waals surface area contributed by atoms with Crippen LogP contribution in [0.15, 0.2) is 54.6 Å². The molecule has 0 fully saturated rings. The highest BCUT2D eigenvalue weighted by Crippen LogP contribution is 2.22. The van der Waals surface area contributed by atoms with Gasteiger partial charge in [-0.3, -0.25) is 0 Å². The third kappa shape index (κ3) is 3.59. The van der Waals surface area contributed by atoms with Gasteiger partial charge < -0.3 is 5.32 Å². The number of benzene rings is 2. The second-order valence-electron chi connectivity index (χ2n) is 4.52. The van der Waals surface area contributed by atoms with E-state index in [4.69, 9.17) is 5.26 Å². The Morgan fingerprint density at radius 1 is 1.05 bits per heavy atom. The smallest absolute Gasteiger partial charge is 0.0647 e. The average Bonchev–Trinajstić information content (AvgIpc) is 2.48. The molecule has 0 aliphatic rings. The number of nitrogens with zero attached hydrogens (tertiary/aromatic N) is 1. The van der Waals surface area contributed by atoms with Crippen LogP contribution in [0.5, 0.6) is 0 Å². The van der Waals surface area contributed by atoms with Gasteiger partial charge in [-0.2, -0.15) is 5.26 Å². The van der Waals surface area contributed by atoms with Crippen molar-refractivity contribution in [2.75, 3.05) is 5.32 Å². The van der Waals surface area contributed by atoms with Gasteiger partial charge in [0.25, 0.3) is 0 Å². The molecule has 1 N–H and O–H groups in total. The Balaban J connectivity index is 2.14. The molecule has 1 atom stereocenters. The van der Waals surface area contributed by atoms with E-state index in [0.29, 0.717) is 6.42 Å². The third-order valence-corrected chi connectivity index (χ3v) is 3.20. The Morgan fingerprint density at radius 3 is 2.32 bits per heavy atom. The average molecular weight is 250 g/mol. The van der Waals surface area contributed by atoms with Crippen LogP contribution in [0.25, 0.3) is 0 Å². The predicted octanol–water partition coefficient (Wildman–Crippen LogP) is 4.32. The fourth-order valence-electron chi connectivity index (χ4n) is 2.07. The Kier molecular flexibility index (Phi) is 4.58. The molecule has 0 saturated heterocycles. The van der Waals surface area contributed by atoms with E-state index >= 15 is 0 Å². The van der Waals surface area contributed by atoms with Crippen molar-refractivity contribution in [3.63, 3.8) is 0 Å². The Bertz CT molecular complexity index is 538. The minimum Gasteiger partial charge on any atom is -0.377 e. The van der Waals surface area contributed by atoms with Crippen LogP contribution >= 0.6 is 0 Å². The van der Waals surface area contributed by atoms with Crippen molar-refractivity contribution >= 4 is 5.69 Å². The molecule has 0 aromatic heterocycles. The lowest BCUT2D eigenvalue weighted by Crippen LogP contribution is -2.10. The van der Waals surface area contributed by atoms with E-state index in [1.54, 1.807) is 0 Å². The molecule has 19 heavy (non-hydrogen) atoms. The highest BCUT2D eigenvalue weighted by atomic mass is 14.9. The van der Waals surface area contributed by atoms with Gasteiger partial charge >= 0.3 is 0 Å². The normalized spacial score (nSPS) is 11.6. The summed E-state index contributed by atoms with van der Waals surface area (Å²) < 4.78 is 0. The predicted molar refractivity (Wildman–Crippen MR) is 78.9 cm³/mol. The lowest BCUT2D eigenvalue weighted by Gasteiger charge is -2.17. The van der Waals surface area contributed by atoms with E-state index in [2.05, 4.69) is 54.7 Å². The Labute approximate surface area is 114 Å². The zero-order valence-electron chi connectivity index (χ0n) is 11.1. The molecule has 0 radical (unpaired) electrons. The van der Waals surface area contributed by atoms with E-state index in [0.717, 1.165) is 17.7 Å². The Hall–Kier alpha value is -2.27. The number of hydrogen-bond acceptors (Lipinski definition) is 2. The van der Waals surface area contributed by atoms with Gasteiger partial charge in [-0.05, 0) is 29.7 Å². The fraction of sp³-hybridized carbons (Fsp3) is 0.235. The van der Waals surface area contributed by atoms with Gasteiger partial charge in [-0.1, -0.05) is 49.4 Å². The van der Waals surface area contributed by atoms with Crippen molar-refractivity contribution in [3.8, 4) is 6.07 Å². The molecule has 1 unspecified atom stereocenters. The lowest BCUT2D eigenvalue weighted by molar-refractivity contribution is 0.806. The van der Waals surface area contributed by atoms with E-state index in [1.807, 2.05) is 18.2 Å². The summed E-state index contributed by atoms with van der Waals surface area (Å²) in [5, 5.41) is 12.4. The van der Waals surface area contributed by atoms with E-state index < -0.39 is 0 Å². The van der Waals surface area contributed by atoms with Crippen molar-refractivity contribution < 1.29 is 0 Å². The zero-order valence-corrected chi connectivity index (χ0v) is 11.1. The molecule has 0 aliphatic carbocycles. The molecule has 0 aliphatic heterocycles. The van der Waals surface area contributed by atoms with E-state index in [1.165, 1.54) is 5.56 Å². The van der Waals surface area contributed by atoms with E-state index in [9.17, 15) is 0 Å². The maximum atomic E-state index is 8.97. The number of aryl methyl sites for hydroxylation is 1. The fourth-order valence-corrected chi connectivity index (χ4v) is 2.07. The molecule has 2 aromatic rings. The molecular formula is C17H18N2. The van der Waals surface area contributed by atoms with Gasteiger partial charge in [0.1, 0.15) is 0 Å². The number of nitrogens with one attached hydrogen (secondary N) is 1. The highest BCUT2D eigenvalue weighted by molar-refractivity contribution is 5.47. The maximum Gasteiger partial charge on any atom is 0.0647 e. The van der Waals surface area contributed by atoms with Crippen LogP contribution in [0.3, 0.4) is 0 Å². The summed E-state index contributed by atoms with van der Waals surface area (Å²) in [4.78, 5) is 0. The van der Waals surface area contributed by atoms with Crippen LogP contribution in [-0.4, -0.2) is 0 Å². The van der Waals surface area contributed by atoms with Crippen molar-refractivity contribution in [1.29, 1.82) is 5.26 Å². The molecular weight excluding hydrogens is 232 g/mol. The molecule has 0 bridgehead atoms. The first-order chi connectivity index (χ1) is 9.33. The van der Waals surface area contributed by atoms with E-state index in [-0.39, 0.29) is 6.04 Å². The summed E-state index contributed by atoms with van der Waals surface area (Å²) in [6.45, 7) is 2.14. The minimum atomic E-state index is 0.0404. The first kappa shape index (κ1) is 13.2. The molecule has 2 heteroatoms. The summed E-state index contributed by atoms with van der Waals surface area (Å²) in [5.41, 5.74) is 3.52. The van der Waals surface area contributed by atoms with Crippen LogP contribution in [0.2, 0.25) is 0 Å². The first-order valence-corrected chi connectivity index (χ1v) is 6.61. The third-order valence-electron chi connectivity index (χ3n) is 3.20. The van der Waals surface area contributed by atoms with Gasteiger partial charge in [-0.15, -0.1) is 0 Å². The molecule has 0 saturated carbocycles.